The number of hydrogen-bond acceptors (Lipinski definition) is 4. The molecule has 0 saturated heterocycles. The van der Waals surface area contributed by atoms with Gasteiger partial charge in [-0.25, -0.2) is 4.79 Å². The Bertz CT molecular complexity index is 1240. The Balaban J connectivity index is 2.00. The molecule has 0 unspecified atom stereocenters. The maximum Gasteiger partial charge on any atom is 0.406 e. The molecule has 0 fully saturated rings. The monoisotopic (exact) mass is 422 g/mol. The summed E-state index contributed by atoms with van der Waals surface area (Å²) in [6, 6.07) is 27.6. The molecule has 0 aliphatic carbocycles. The molecule has 5 heteroatoms. The van der Waals surface area contributed by atoms with Gasteiger partial charge in [-0.05, 0) is 53.9 Å². The summed E-state index contributed by atoms with van der Waals surface area (Å²) in [5.74, 6) is -0.422. The third-order valence-corrected chi connectivity index (χ3v) is 5.05. The van der Waals surface area contributed by atoms with Gasteiger partial charge in [0, 0.05) is 40.8 Å². The molecule has 2 heterocycles. The van der Waals surface area contributed by atoms with Crippen LogP contribution >= 0.6 is 0 Å². The number of carbonyl (C=O) groups is 1. The third-order valence-electron chi connectivity index (χ3n) is 5.05. The van der Waals surface area contributed by atoms with Crippen molar-refractivity contribution in [3.8, 4) is 22.4 Å². The Labute approximate surface area is 187 Å². The van der Waals surface area contributed by atoms with Crippen molar-refractivity contribution < 1.29 is 14.2 Å². The number of benzene rings is 2. The SMILES string of the molecule is CCOC(=O)c1cc(-c2ccccc2)cc(-c2ccccc2)[n+]1/N=C(/C)c1ccncc1. The molecule has 0 saturated carbocycles. The molecule has 0 spiro atoms. The molecule has 4 aromatic rings. The second-order valence-electron chi connectivity index (χ2n) is 7.20. The molecule has 0 aliphatic heterocycles. The maximum atomic E-state index is 13.0. The summed E-state index contributed by atoms with van der Waals surface area (Å²) in [5.41, 5.74) is 5.71. The van der Waals surface area contributed by atoms with Crippen molar-refractivity contribution in [3.05, 3.63) is 109 Å². The van der Waals surface area contributed by atoms with E-state index < -0.39 is 5.97 Å². The highest BCUT2D eigenvalue weighted by Crippen LogP contribution is 2.25. The molecule has 0 aliphatic rings. The minimum atomic E-state index is -0.422. The maximum absolute atomic E-state index is 13.0. The van der Waals surface area contributed by atoms with Gasteiger partial charge in [0.15, 0.2) is 0 Å². The van der Waals surface area contributed by atoms with Crippen molar-refractivity contribution in [2.45, 2.75) is 13.8 Å². The van der Waals surface area contributed by atoms with Crippen molar-refractivity contribution in [1.82, 2.24) is 4.98 Å². The van der Waals surface area contributed by atoms with Gasteiger partial charge < -0.3 is 4.74 Å². The third kappa shape index (κ3) is 4.62. The van der Waals surface area contributed by atoms with E-state index in [1.807, 2.05) is 85.8 Å². The number of ether oxygens (including phenoxy) is 1. The molecular weight excluding hydrogens is 398 g/mol. The van der Waals surface area contributed by atoms with E-state index in [2.05, 4.69) is 11.1 Å². The second-order valence-corrected chi connectivity index (χ2v) is 7.20. The van der Waals surface area contributed by atoms with Crippen LogP contribution in [0.15, 0.2) is 102 Å². The molecule has 2 aromatic heterocycles. The fourth-order valence-corrected chi connectivity index (χ4v) is 3.46. The number of nitrogens with zero attached hydrogens (tertiary/aromatic N) is 3. The van der Waals surface area contributed by atoms with Crippen LogP contribution in [0.25, 0.3) is 22.4 Å². The van der Waals surface area contributed by atoms with Crippen LogP contribution in [0.2, 0.25) is 0 Å². The van der Waals surface area contributed by atoms with E-state index >= 15 is 0 Å². The fourth-order valence-electron chi connectivity index (χ4n) is 3.46. The summed E-state index contributed by atoms with van der Waals surface area (Å²) in [5, 5.41) is 4.85. The fraction of sp³-hybridized carbons (Fsp3) is 0.111. The minimum absolute atomic E-state index is 0.280. The van der Waals surface area contributed by atoms with E-state index in [0.717, 1.165) is 33.7 Å². The lowest BCUT2D eigenvalue weighted by Crippen LogP contribution is -2.40. The predicted molar refractivity (Wildman–Crippen MR) is 125 cm³/mol. The van der Waals surface area contributed by atoms with Crippen LogP contribution in [-0.2, 0) is 4.74 Å². The van der Waals surface area contributed by atoms with Gasteiger partial charge in [-0.3, -0.25) is 4.98 Å². The summed E-state index contributed by atoms with van der Waals surface area (Å²) in [6.07, 6.45) is 3.45. The van der Waals surface area contributed by atoms with Gasteiger partial charge in [0.25, 0.3) is 0 Å². The van der Waals surface area contributed by atoms with E-state index in [1.165, 1.54) is 0 Å². The lowest BCUT2D eigenvalue weighted by atomic mass is 10.0. The molecule has 0 N–H and O–H groups in total. The number of hydrogen-bond donors (Lipinski definition) is 0. The Morgan fingerprint density at radius 2 is 1.50 bits per heavy atom. The Morgan fingerprint density at radius 1 is 0.875 bits per heavy atom. The van der Waals surface area contributed by atoms with Crippen LogP contribution < -0.4 is 4.68 Å². The van der Waals surface area contributed by atoms with Gasteiger partial charge in [-0.2, -0.15) is 0 Å². The molecule has 0 radical (unpaired) electrons. The van der Waals surface area contributed by atoms with Gasteiger partial charge in [0.2, 0.25) is 5.69 Å². The first-order chi connectivity index (χ1) is 15.7. The van der Waals surface area contributed by atoms with E-state index in [0.29, 0.717) is 5.69 Å². The van der Waals surface area contributed by atoms with Crippen molar-refractivity contribution in [1.29, 1.82) is 0 Å². The summed E-state index contributed by atoms with van der Waals surface area (Å²) >= 11 is 0. The number of carbonyl (C=O) groups excluding carboxylic acids is 1. The normalized spacial score (nSPS) is 11.2. The number of pyridine rings is 2. The molecule has 0 amide bonds. The minimum Gasteiger partial charge on any atom is -0.458 e. The van der Waals surface area contributed by atoms with E-state index in [-0.39, 0.29) is 6.61 Å². The highest BCUT2D eigenvalue weighted by molar-refractivity contribution is 5.98. The van der Waals surface area contributed by atoms with Crippen LogP contribution in [0, 0.1) is 0 Å². The topological polar surface area (TPSA) is 55.4 Å². The zero-order chi connectivity index (χ0) is 22.3. The van der Waals surface area contributed by atoms with E-state index in [1.54, 1.807) is 24.0 Å². The van der Waals surface area contributed by atoms with Crippen molar-refractivity contribution in [3.63, 3.8) is 0 Å². The molecule has 0 bridgehead atoms. The smallest absolute Gasteiger partial charge is 0.406 e. The van der Waals surface area contributed by atoms with Crippen molar-refractivity contribution in [2.24, 2.45) is 5.10 Å². The molecule has 4 rings (SSSR count). The van der Waals surface area contributed by atoms with Crippen LogP contribution in [0.3, 0.4) is 0 Å². The predicted octanol–water partition coefficient (Wildman–Crippen LogP) is 5.15. The summed E-state index contributed by atoms with van der Waals surface area (Å²) in [4.78, 5) is 17.1. The molecule has 5 nitrogen and oxygen atoms in total. The Kier molecular flexibility index (Phi) is 6.46. The average molecular weight is 423 g/mol. The van der Waals surface area contributed by atoms with Gasteiger partial charge in [-0.15, -0.1) is 0 Å². The molecule has 32 heavy (non-hydrogen) atoms. The summed E-state index contributed by atoms with van der Waals surface area (Å²) < 4.78 is 7.07. The first kappa shape index (κ1) is 21.1. The summed E-state index contributed by atoms with van der Waals surface area (Å²) in [7, 11) is 0. The highest BCUT2D eigenvalue weighted by Gasteiger charge is 2.28. The quantitative estimate of drug-likeness (QED) is 0.245. The van der Waals surface area contributed by atoms with Gasteiger partial charge in [-0.1, -0.05) is 48.5 Å². The highest BCUT2D eigenvalue weighted by atomic mass is 16.5. The number of aromatic nitrogens is 2. The standard InChI is InChI=1S/C27H24N3O2/c1-3-32-27(31)26-19-24(22-10-6-4-7-11-22)18-25(23-12-8-5-9-13-23)30(26)29-20(2)21-14-16-28-17-15-21/h4-19H,3H2,1-2H3/q+1/b29-20-. The number of rotatable bonds is 6. The largest absolute Gasteiger partial charge is 0.458 e. The lowest BCUT2D eigenvalue weighted by Gasteiger charge is -2.09. The van der Waals surface area contributed by atoms with Gasteiger partial charge in [0.05, 0.1) is 6.61 Å². The lowest BCUT2D eigenvalue weighted by molar-refractivity contribution is -0.670. The Morgan fingerprint density at radius 3 is 2.12 bits per heavy atom. The van der Waals surface area contributed by atoms with Crippen LogP contribution in [0.1, 0.15) is 29.9 Å². The van der Waals surface area contributed by atoms with E-state index in [4.69, 9.17) is 9.84 Å². The zero-order valence-electron chi connectivity index (χ0n) is 18.1. The second kappa shape index (κ2) is 9.79. The molecule has 2 aromatic carbocycles. The number of esters is 1. The average Bonchev–Trinajstić information content (AvgIpc) is 2.85. The Hall–Kier alpha value is -4.12. The first-order valence-electron chi connectivity index (χ1n) is 10.5. The van der Waals surface area contributed by atoms with Crippen molar-refractivity contribution >= 4 is 11.7 Å². The van der Waals surface area contributed by atoms with E-state index in [9.17, 15) is 4.79 Å². The van der Waals surface area contributed by atoms with Crippen molar-refractivity contribution in [2.75, 3.05) is 6.61 Å². The first-order valence-corrected chi connectivity index (χ1v) is 10.5. The molecular formula is C27H24N3O2+. The molecule has 0 atom stereocenters. The zero-order valence-corrected chi connectivity index (χ0v) is 18.1. The van der Waals surface area contributed by atoms with Crippen LogP contribution in [0.4, 0.5) is 0 Å². The summed E-state index contributed by atoms with van der Waals surface area (Å²) in [6.45, 7) is 3.99. The van der Waals surface area contributed by atoms with Gasteiger partial charge >= 0.3 is 11.7 Å². The van der Waals surface area contributed by atoms with Gasteiger partial charge in [0.1, 0.15) is 5.71 Å². The van der Waals surface area contributed by atoms with Crippen LogP contribution in [-0.4, -0.2) is 23.3 Å². The van der Waals surface area contributed by atoms with Crippen LogP contribution in [0.5, 0.6) is 0 Å². The molecule has 158 valence electrons.